The van der Waals surface area contributed by atoms with Gasteiger partial charge in [-0.05, 0) is 49.5 Å². The Morgan fingerprint density at radius 3 is 2.56 bits per heavy atom. The van der Waals surface area contributed by atoms with Gasteiger partial charge in [0.25, 0.3) is 0 Å². The number of esters is 1. The van der Waals surface area contributed by atoms with E-state index in [1.807, 2.05) is 0 Å². The molecule has 0 aromatic heterocycles. The van der Waals surface area contributed by atoms with Crippen molar-refractivity contribution in [3.63, 3.8) is 0 Å². The van der Waals surface area contributed by atoms with Gasteiger partial charge in [0.05, 0.1) is 6.61 Å². The second-order valence-electron chi connectivity index (χ2n) is 8.01. The molecule has 0 amide bonds. The van der Waals surface area contributed by atoms with Crippen LogP contribution in [0.4, 0.5) is 0 Å². The molecule has 0 fully saturated rings. The molecule has 0 spiro atoms. The third-order valence-electron chi connectivity index (χ3n) is 5.08. The van der Waals surface area contributed by atoms with Crippen LogP contribution in [-0.2, 0) is 9.53 Å². The monoisotopic (exact) mass is 345 g/mol. The highest BCUT2D eigenvalue weighted by Crippen LogP contribution is 2.41. The van der Waals surface area contributed by atoms with Crippen molar-refractivity contribution >= 4 is 5.97 Å². The lowest BCUT2D eigenvalue weighted by Gasteiger charge is -2.32. The molecule has 25 heavy (non-hydrogen) atoms. The van der Waals surface area contributed by atoms with Gasteiger partial charge in [-0.3, -0.25) is 0 Å². The number of unbranched alkanes of at least 4 members (excludes halogenated alkanes) is 1. The maximum Gasteiger partial charge on any atom is 0.349 e. The van der Waals surface area contributed by atoms with Crippen LogP contribution >= 0.6 is 0 Å². The fourth-order valence-corrected chi connectivity index (χ4v) is 3.75. The summed E-state index contributed by atoms with van der Waals surface area (Å²) >= 11 is 0. The summed E-state index contributed by atoms with van der Waals surface area (Å²) in [6, 6.07) is 2.08. The Morgan fingerprint density at radius 1 is 1.28 bits per heavy atom. The summed E-state index contributed by atoms with van der Waals surface area (Å²) < 4.78 is 5.06. The Bertz CT molecular complexity index is 549. The molecular formula is C22H35NO2. The van der Waals surface area contributed by atoms with Crippen molar-refractivity contribution in [3.8, 4) is 6.07 Å². The number of allylic oxidation sites excluding steroid dienone is 3. The van der Waals surface area contributed by atoms with E-state index >= 15 is 0 Å². The van der Waals surface area contributed by atoms with Crippen molar-refractivity contribution in [2.45, 2.75) is 86.0 Å². The number of hydrogen-bond acceptors (Lipinski definition) is 3. The molecule has 0 heterocycles. The van der Waals surface area contributed by atoms with Gasteiger partial charge in [0.1, 0.15) is 11.6 Å². The van der Waals surface area contributed by atoms with E-state index in [-0.39, 0.29) is 11.0 Å². The van der Waals surface area contributed by atoms with Crippen molar-refractivity contribution in [1.29, 1.82) is 5.26 Å². The molecule has 0 radical (unpaired) electrons. The highest BCUT2D eigenvalue weighted by Gasteiger charge is 2.29. The number of hydrogen-bond donors (Lipinski definition) is 0. The summed E-state index contributed by atoms with van der Waals surface area (Å²) in [5.41, 5.74) is 2.50. The zero-order valence-electron chi connectivity index (χ0n) is 16.8. The fraction of sp³-hybridized carbons (Fsp3) is 0.727. The number of carbonyl (C=O) groups is 1. The molecule has 0 saturated carbocycles. The molecule has 1 rings (SSSR count). The van der Waals surface area contributed by atoms with Crippen molar-refractivity contribution in [3.05, 3.63) is 22.8 Å². The highest BCUT2D eigenvalue weighted by molar-refractivity contribution is 5.94. The fourth-order valence-electron chi connectivity index (χ4n) is 3.75. The summed E-state index contributed by atoms with van der Waals surface area (Å²) in [5, 5.41) is 9.45. The third kappa shape index (κ3) is 7.06. The molecule has 1 unspecified atom stereocenters. The van der Waals surface area contributed by atoms with Gasteiger partial charge < -0.3 is 4.74 Å². The van der Waals surface area contributed by atoms with Crippen molar-refractivity contribution in [2.75, 3.05) is 6.61 Å². The van der Waals surface area contributed by atoms with Gasteiger partial charge >= 0.3 is 5.97 Å². The van der Waals surface area contributed by atoms with Crippen LogP contribution < -0.4 is 0 Å². The molecule has 1 aliphatic carbocycles. The molecule has 140 valence electrons. The Morgan fingerprint density at radius 2 is 2.00 bits per heavy atom. The first kappa shape index (κ1) is 21.5. The smallest absolute Gasteiger partial charge is 0.349 e. The molecule has 3 nitrogen and oxygen atoms in total. The Balaban J connectivity index is 2.96. The zero-order chi connectivity index (χ0) is 18.9. The van der Waals surface area contributed by atoms with E-state index in [4.69, 9.17) is 4.74 Å². The molecule has 0 N–H and O–H groups in total. The Labute approximate surface area is 154 Å². The molecule has 0 saturated heterocycles. The molecule has 0 aliphatic heterocycles. The zero-order valence-corrected chi connectivity index (χ0v) is 16.8. The average Bonchev–Trinajstić information content (AvgIpc) is 2.54. The number of nitrogens with zero attached hydrogens (tertiary/aromatic N) is 1. The maximum absolute atomic E-state index is 12.1. The van der Waals surface area contributed by atoms with Gasteiger partial charge in [0.15, 0.2) is 0 Å². The summed E-state index contributed by atoms with van der Waals surface area (Å²) in [4.78, 5) is 12.1. The van der Waals surface area contributed by atoms with Crippen LogP contribution in [0.1, 0.15) is 86.0 Å². The largest absolute Gasteiger partial charge is 0.462 e. The summed E-state index contributed by atoms with van der Waals surface area (Å²) in [7, 11) is 0. The van der Waals surface area contributed by atoms with Gasteiger partial charge in [0.2, 0.25) is 0 Å². The molecule has 1 aliphatic rings. The molecule has 1 atom stereocenters. The molecule has 0 aromatic carbocycles. The van der Waals surface area contributed by atoms with E-state index < -0.39 is 5.97 Å². The minimum atomic E-state index is -0.484. The first-order valence-electron chi connectivity index (χ1n) is 9.86. The number of nitriles is 1. The van der Waals surface area contributed by atoms with Crippen molar-refractivity contribution in [2.24, 2.45) is 11.3 Å². The highest BCUT2D eigenvalue weighted by atomic mass is 16.5. The van der Waals surface area contributed by atoms with Crippen LogP contribution in [0.25, 0.3) is 0 Å². The van der Waals surface area contributed by atoms with Crippen LogP contribution in [0.2, 0.25) is 0 Å². The number of carbonyl (C=O) groups excluding carboxylic acids is 1. The van der Waals surface area contributed by atoms with E-state index in [9.17, 15) is 10.1 Å². The molecular weight excluding hydrogens is 310 g/mol. The van der Waals surface area contributed by atoms with E-state index in [2.05, 4.69) is 39.8 Å². The van der Waals surface area contributed by atoms with E-state index in [1.165, 1.54) is 37.7 Å². The summed E-state index contributed by atoms with van der Waals surface area (Å²) in [5.74, 6) is 0.293. The van der Waals surface area contributed by atoms with Crippen molar-refractivity contribution < 1.29 is 9.53 Å². The lowest BCUT2D eigenvalue weighted by Crippen LogP contribution is -2.20. The number of ether oxygens (including phenoxy) is 1. The minimum absolute atomic E-state index is 0.0825. The van der Waals surface area contributed by atoms with Gasteiger partial charge in [-0.1, -0.05) is 65.0 Å². The van der Waals surface area contributed by atoms with Crippen molar-refractivity contribution in [1.82, 2.24) is 0 Å². The lowest BCUT2D eigenvalue weighted by atomic mass is 9.73. The summed E-state index contributed by atoms with van der Waals surface area (Å²) in [6.07, 6.45) is 11.3. The average molecular weight is 346 g/mol. The van der Waals surface area contributed by atoms with E-state index in [0.29, 0.717) is 6.61 Å². The molecule has 0 bridgehead atoms. The second-order valence-corrected chi connectivity index (χ2v) is 8.01. The topological polar surface area (TPSA) is 50.1 Å². The van der Waals surface area contributed by atoms with Crippen LogP contribution in [0.5, 0.6) is 0 Å². The van der Waals surface area contributed by atoms with Gasteiger partial charge in [-0.2, -0.15) is 5.26 Å². The maximum atomic E-state index is 12.1. The molecule has 0 aromatic rings. The first-order valence-corrected chi connectivity index (χ1v) is 9.86. The molecule has 3 heteroatoms. The summed E-state index contributed by atoms with van der Waals surface area (Å²) in [6.45, 7) is 11.0. The quantitative estimate of drug-likeness (QED) is 0.288. The second kappa shape index (κ2) is 10.4. The van der Waals surface area contributed by atoms with Crippen LogP contribution in [-0.4, -0.2) is 12.6 Å². The van der Waals surface area contributed by atoms with Crippen LogP contribution in [0, 0.1) is 22.7 Å². The normalized spacial score (nSPS) is 19.6. The van der Waals surface area contributed by atoms with Crippen LogP contribution in [0.15, 0.2) is 22.8 Å². The predicted molar refractivity (Wildman–Crippen MR) is 103 cm³/mol. The van der Waals surface area contributed by atoms with Gasteiger partial charge in [-0.25, -0.2) is 4.79 Å². The Kier molecular flexibility index (Phi) is 8.97. The van der Waals surface area contributed by atoms with Crippen LogP contribution in [0.3, 0.4) is 0 Å². The van der Waals surface area contributed by atoms with Gasteiger partial charge in [0, 0.05) is 0 Å². The standard InChI is InChI=1S/C22H35NO2/c1-6-9-10-17(7-2)11-12-18-13-19(15-22(4,5)14-18)20(16-23)21(24)25-8-3/h13,17H,6-12,14-15H2,1-5H3/b20-19+. The van der Waals surface area contributed by atoms with Gasteiger partial charge in [-0.15, -0.1) is 0 Å². The predicted octanol–water partition coefficient (Wildman–Crippen LogP) is 6.11. The Hall–Kier alpha value is -1.56. The third-order valence-corrected chi connectivity index (χ3v) is 5.08. The first-order chi connectivity index (χ1) is 11.9. The minimum Gasteiger partial charge on any atom is -0.462 e. The number of rotatable bonds is 9. The lowest BCUT2D eigenvalue weighted by molar-refractivity contribution is -0.138. The SMILES string of the molecule is CCCCC(CC)CCC1=C/C(=C(/C#N)C(=O)OCC)CC(C)(C)C1. The van der Waals surface area contributed by atoms with E-state index in [0.717, 1.165) is 30.8 Å². The van der Waals surface area contributed by atoms with E-state index in [1.54, 1.807) is 6.92 Å².